The van der Waals surface area contributed by atoms with Crippen molar-refractivity contribution in [2.45, 2.75) is 0 Å². The van der Waals surface area contributed by atoms with E-state index in [1.807, 2.05) is 6.07 Å². The van der Waals surface area contributed by atoms with Crippen LogP contribution >= 0.6 is 45.2 Å². The Morgan fingerprint density at radius 3 is 2.50 bits per heavy atom. The van der Waals surface area contributed by atoms with Gasteiger partial charge in [-0.25, -0.2) is 0 Å². The molecule has 0 amide bonds. The molecule has 2 rings (SSSR count). The van der Waals surface area contributed by atoms with Gasteiger partial charge in [0.15, 0.2) is 0 Å². The highest BCUT2D eigenvalue weighted by atomic mass is 127. The van der Waals surface area contributed by atoms with Gasteiger partial charge in [0.05, 0.1) is 7.11 Å². The molecule has 0 radical (unpaired) electrons. The van der Waals surface area contributed by atoms with Crippen LogP contribution in [0.3, 0.4) is 0 Å². The summed E-state index contributed by atoms with van der Waals surface area (Å²) in [7, 11) is 1.70. The third kappa shape index (κ3) is 1.84. The van der Waals surface area contributed by atoms with Crippen LogP contribution < -0.4 is 4.74 Å². The first kappa shape index (κ1) is 10.5. The number of hydrogen-bond acceptors (Lipinski definition) is 1. The minimum atomic E-state index is 0.914. The van der Waals surface area contributed by atoms with Gasteiger partial charge in [0.1, 0.15) is 5.75 Å². The third-order valence-corrected chi connectivity index (χ3v) is 5.21. The lowest BCUT2D eigenvalue weighted by molar-refractivity contribution is 0.415. The molecular weight excluding hydrogens is 402 g/mol. The maximum Gasteiger partial charge on any atom is 0.119 e. The van der Waals surface area contributed by atoms with Gasteiger partial charge in [-0.1, -0.05) is 12.1 Å². The van der Waals surface area contributed by atoms with Gasteiger partial charge in [-0.3, -0.25) is 0 Å². The van der Waals surface area contributed by atoms with Crippen LogP contribution in [-0.2, 0) is 0 Å². The summed E-state index contributed by atoms with van der Waals surface area (Å²) in [5.74, 6) is 0.914. The second-order valence-electron chi connectivity index (χ2n) is 2.95. The van der Waals surface area contributed by atoms with Gasteiger partial charge in [0.2, 0.25) is 0 Å². The highest BCUT2D eigenvalue weighted by Gasteiger charge is 2.03. The summed E-state index contributed by atoms with van der Waals surface area (Å²) in [6.07, 6.45) is 0. The molecule has 0 saturated carbocycles. The second kappa shape index (κ2) is 4.22. The molecule has 0 aliphatic heterocycles. The minimum absolute atomic E-state index is 0.914. The molecule has 0 N–H and O–H groups in total. The van der Waals surface area contributed by atoms with Gasteiger partial charge in [0.25, 0.3) is 0 Å². The molecule has 3 heteroatoms. The van der Waals surface area contributed by atoms with E-state index >= 15 is 0 Å². The minimum Gasteiger partial charge on any atom is -0.497 e. The van der Waals surface area contributed by atoms with Gasteiger partial charge in [-0.15, -0.1) is 0 Å². The predicted octanol–water partition coefficient (Wildman–Crippen LogP) is 4.06. The van der Waals surface area contributed by atoms with E-state index in [-0.39, 0.29) is 0 Å². The monoisotopic (exact) mass is 410 g/mol. The van der Waals surface area contributed by atoms with Crippen LogP contribution in [0.5, 0.6) is 5.75 Å². The molecule has 1 nitrogen and oxygen atoms in total. The van der Waals surface area contributed by atoms with E-state index in [1.165, 1.54) is 17.9 Å². The number of fused-ring (bicyclic) bond motifs is 1. The Bertz CT molecular complexity index is 480. The molecule has 0 atom stereocenters. The number of methoxy groups -OCH3 is 1. The van der Waals surface area contributed by atoms with Crippen molar-refractivity contribution in [1.29, 1.82) is 0 Å². The van der Waals surface area contributed by atoms with E-state index in [0.717, 1.165) is 5.75 Å². The molecule has 0 aliphatic rings. The van der Waals surface area contributed by atoms with Crippen molar-refractivity contribution in [1.82, 2.24) is 0 Å². The Morgan fingerprint density at radius 2 is 1.79 bits per heavy atom. The zero-order chi connectivity index (χ0) is 10.1. The molecule has 0 unspecified atom stereocenters. The number of hydrogen-bond donors (Lipinski definition) is 0. The normalized spacial score (nSPS) is 10.5. The van der Waals surface area contributed by atoms with Crippen molar-refractivity contribution in [2.24, 2.45) is 0 Å². The van der Waals surface area contributed by atoms with Crippen LogP contribution in [0.4, 0.5) is 0 Å². The fourth-order valence-corrected chi connectivity index (χ4v) is 2.48. The summed E-state index contributed by atoms with van der Waals surface area (Å²) in [6.45, 7) is 0. The van der Waals surface area contributed by atoms with Crippen molar-refractivity contribution in [3.8, 4) is 5.75 Å². The average Bonchev–Trinajstić information content (AvgIpc) is 2.23. The fraction of sp³-hybridized carbons (Fsp3) is 0.0909. The Labute approximate surface area is 110 Å². The van der Waals surface area contributed by atoms with Crippen molar-refractivity contribution in [3.05, 3.63) is 37.5 Å². The first-order valence-electron chi connectivity index (χ1n) is 4.14. The van der Waals surface area contributed by atoms with Crippen LogP contribution in [0, 0.1) is 7.14 Å². The lowest BCUT2D eigenvalue weighted by atomic mass is 10.1. The van der Waals surface area contributed by atoms with E-state index in [1.54, 1.807) is 7.11 Å². The summed E-state index contributed by atoms with van der Waals surface area (Å²) < 4.78 is 7.78. The van der Waals surface area contributed by atoms with Gasteiger partial charge in [-0.05, 0) is 74.2 Å². The summed E-state index contributed by atoms with van der Waals surface area (Å²) in [6, 6.07) is 10.4. The van der Waals surface area contributed by atoms with Crippen LogP contribution in [0.1, 0.15) is 0 Å². The van der Waals surface area contributed by atoms with E-state index in [2.05, 4.69) is 69.4 Å². The summed E-state index contributed by atoms with van der Waals surface area (Å²) in [5.41, 5.74) is 0. The zero-order valence-corrected chi connectivity index (χ0v) is 11.9. The maximum absolute atomic E-state index is 5.21. The average molecular weight is 410 g/mol. The summed E-state index contributed by atoms with van der Waals surface area (Å²) in [4.78, 5) is 0. The van der Waals surface area contributed by atoms with Crippen LogP contribution in [0.25, 0.3) is 10.8 Å². The van der Waals surface area contributed by atoms with E-state index in [4.69, 9.17) is 4.74 Å². The number of rotatable bonds is 1. The molecular formula is C11H8I2O. The molecule has 0 saturated heterocycles. The van der Waals surface area contributed by atoms with Crippen molar-refractivity contribution < 1.29 is 4.74 Å². The topological polar surface area (TPSA) is 9.23 Å². The Morgan fingerprint density at radius 1 is 1.07 bits per heavy atom. The predicted molar refractivity (Wildman–Crippen MR) is 75.9 cm³/mol. The number of ether oxygens (including phenoxy) is 1. The molecule has 0 aromatic heterocycles. The Balaban J connectivity index is 2.78. The quantitative estimate of drug-likeness (QED) is 0.645. The van der Waals surface area contributed by atoms with Crippen molar-refractivity contribution >= 4 is 56.0 Å². The summed E-state index contributed by atoms with van der Waals surface area (Å²) in [5, 5.41) is 2.52. The first-order valence-corrected chi connectivity index (χ1v) is 6.30. The van der Waals surface area contributed by atoms with Crippen molar-refractivity contribution in [3.63, 3.8) is 0 Å². The molecule has 0 heterocycles. The van der Waals surface area contributed by atoms with Crippen LogP contribution in [0.2, 0.25) is 0 Å². The number of benzene rings is 2. The van der Waals surface area contributed by atoms with Gasteiger partial charge in [0, 0.05) is 7.14 Å². The van der Waals surface area contributed by atoms with Gasteiger partial charge in [-0.2, -0.15) is 0 Å². The number of halogens is 2. The fourth-order valence-electron chi connectivity index (χ4n) is 1.36. The first-order chi connectivity index (χ1) is 6.72. The zero-order valence-electron chi connectivity index (χ0n) is 7.55. The van der Waals surface area contributed by atoms with E-state index in [9.17, 15) is 0 Å². The van der Waals surface area contributed by atoms with E-state index < -0.39 is 0 Å². The van der Waals surface area contributed by atoms with Crippen molar-refractivity contribution in [2.75, 3.05) is 7.11 Å². The smallest absolute Gasteiger partial charge is 0.119 e. The molecule has 14 heavy (non-hydrogen) atoms. The standard InChI is InChI=1S/C11H8I2O/c1-14-8-4-2-7-3-5-10(12)11(13)9(7)6-8/h2-6H,1H3. The van der Waals surface area contributed by atoms with E-state index in [0.29, 0.717) is 0 Å². The van der Waals surface area contributed by atoms with Gasteiger partial charge >= 0.3 is 0 Å². The third-order valence-electron chi connectivity index (χ3n) is 2.12. The molecule has 0 spiro atoms. The van der Waals surface area contributed by atoms with Crippen LogP contribution in [-0.4, -0.2) is 7.11 Å². The Kier molecular flexibility index (Phi) is 3.16. The largest absolute Gasteiger partial charge is 0.497 e. The van der Waals surface area contributed by atoms with Crippen LogP contribution in [0.15, 0.2) is 30.3 Å². The molecule has 2 aromatic rings. The highest BCUT2D eigenvalue weighted by molar-refractivity contribution is 14.1. The second-order valence-corrected chi connectivity index (χ2v) is 5.19. The lowest BCUT2D eigenvalue weighted by Gasteiger charge is -2.05. The maximum atomic E-state index is 5.21. The SMILES string of the molecule is COc1ccc2ccc(I)c(I)c2c1. The molecule has 0 aliphatic carbocycles. The Hall–Kier alpha value is -0.0400. The molecule has 0 fully saturated rings. The molecule has 72 valence electrons. The lowest BCUT2D eigenvalue weighted by Crippen LogP contribution is -1.86. The highest BCUT2D eigenvalue weighted by Crippen LogP contribution is 2.28. The summed E-state index contributed by atoms with van der Waals surface area (Å²) >= 11 is 4.72. The molecule has 2 aromatic carbocycles. The van der Waals surface area contributed by atoms with Gasteiger partial charge < -0.3 is 4.74 Å². The molecule has 0 bridgehead atoms.